The second-order valence-corrected chi connectivity index (χ2v) is 12.4. The van der Waals surface area contributed by atoms with Crippen molar-refractivity contribution in [3.05, 3.63) is 176 Å². The molecule has 0 unspecified atom stereocenters. The van der Waals surface area contributed by atoms with Crippen LogP contribution in [0.1, 0.15) is 0 Å². The number of hydrogen-bond acceptors (Lipinski definition) is 3. The van der Waals surface area contributed by atoms with Crippen LogP contribution in [-0.4, -0.2) is 0 Å². The number of fused-ring (bicyclic) bond motifs is 8. The van der Waals surface area contributed by atoms with E-state index in [9.17, 15) is 0 Å². The molecule has 0 aliphatic carbocycles. The Labute approximate surface area is 282 Å². The van der Waals surface area contributed by atoms with Crippen molar-refractivity contribution in [1.82, 2.24) is 0 Å². The van der Waals surface area contributed by atoms with Gasteiger partial charge in [-0.05, 0) is 76.7 Å². The lowest BCUT2D eigenvalue weighted by Gasteiger charge is -2.26. The molecule has 0 radical (unpaired) electrons. The van der Waals surface area contributed by atoms with Crippen LogP contribution in [-0.2, 0) is 0 Å². The van der Waals surface area contributed by atoms with Gasteiger partial charge in [0.2, 0.25) is 0 Å². The summed E-state index contributed by atoms with van der Waals surface area (Å²) in [6.45, 7) is 0. The maximum absolute atomic E-state index is 6.78. The zero-order chi connectivity index (χ0) is 32.3. The minimum Gasteiger partial charge on any atom is -0.455 e. The standard InChI is InChI=1S/C46H29NO2/c1-4-15-30(16-5-1)33-27-28-36(46-43(33)37-23-12-13-25-41(37)48-46)38-29-39-44-40(47(31-17-6-2-7-18-31)32-19-8-3-9-20-32)24-14-26-42(44)49-45(39)35-22-11-10-21-34(35)38/h1-29H. The van der Waals surface area contributed by atoms with Crippen LogP contribution in [0.3, 0.4) is 0 Å². The van der Waals surface area contributed by atoms with E-state index in [1.807, 2.05) is 6.07 Å². The van der Waals surface area contributed by atoms with Gasteiger partial charge < -0.3 is 13.7 Å². The van der Waals surface area contributed by atoms with Crippen LogP contribution >= 0.6 is 0 Å². The molecule has 0 aliphatic rings. The maximum Gasteiger partial charge on any atom is 0.143 e. The number of anilines is 3. The van der Waals surface area contributed by atoms with Gasteiger partial charge in [-0.2, -0.15) is 0 Å². The smallest absolute Gasteiger partial charge is 0.143 e. The molecular formula is C46H29NO2. The summed E-state index contributed by atoms with van der Waals surface area (Å²) in [6.07, 6.45) is 0. The molecule has 3 heteroatoms. The SMILES string of the molecule is c1ccc(-c2ccc(-c3cc4c(oc5cccc(N(c6ccccc6)c6ccccc6)c54)c4ccccc34)c3oc4ccccc4c23)cc1. The van der Waals surface area contributed by atoms with Gasteiger partial charge in [0.1, 0.15) is 22.3 Å². The summed E-state index contributed by atoms with van der Waals surface area (Å²) in [6, 6.07) is 61.7. The molecule has 0 spiro atoms. The fourth-order valence-corrected chi connectivity index (χ4v) is 7.52. The van der Waals surface area contributed by atoms with Crippen LogP contribution in [0.5, 0.6) is 0 Å². The van der Waals surface area contributed by atoms with E-state index in [-0.39, 0.29) is 0 Å². The number of furan rings is 2. The van der Waals surface area contributed by atoms with Crippen molar-refractivity contribution in [2.75, 3.05) is 4.90 Å². The van der Waals surface area contributed by atoms with Gasteiger partial charge in [0, 0.05) is 38.5 Å². The fraction of sp³-hybridized carbons (Fsp3) is 0. The van der Waals surface area contributed by atoms with Gasteiger partial charge in [-0.15, -0.1) is 0 Å². The molecular weight excluding hydrogens is 599 g/mol. The first-order chi connectivity index (χ1) is 24.3. The van der Waals surface area contributed by atoms with Gasteiger partial charge >= 0.3 is 0 Å². The van der Waals surface area contributed by atoms with E-state index in [0.717, 1.165) is 88.4 Å². The van der Waals surface area contributed by atoms with E-state index in [1.165, 1.54) is 5.56 Å². The van der Waals surface area contributed by atoms with Crippen molar-refractivity contribution in [3.8, 4) is 22.3 Å². The van der Waals surface area contributed by atoms with E-state index in [1.54, 1.807) is 0 Å². The molecule has 49 heavy (non-hydrogen) atoms. The Morgan fingerprint density at radius 2 is 0.918 bits per heavy atom. The van der Waals surface area contributed by atoms with E-state index in [4.69, 9.17) is 8.83 Å². The van der Waals surface area contributed by atoms with E-state index >= 15 is 0 Å². The van der Waals surface area contributed by atoms with Crippen molar-refractivity contribution in [1.29, 1.82) is 0 Å². The first kappa shape index (κ1) is 27.5. The third-order valence-electron chi connectivity index (χ3n) is 9.65. The molecule has 0 saturated heterocycles. The van der Waals surface area contributed by atoms with Crippen LogP contribution < -0.4 is 4.90 Å². The van der Waals surface area contributed by atoms with Crippen LogP contribution in [0.25, 0.3) is 76.9 Å². The largest absolute Gasteiger partial charge is 0.455 e. The molecule has 2 heterocycles. The lowest BCUT2D eigenvalue weighted by Crippen LogP contribution is -2.09. The topological polar surface area (TPSA) is 29.5 Å². The third-order valence-corrected chi connectivity index (χ3v) is 9.65. The maximum atomic E-state index is 6.78. The first-order valence-corrected chi connectivity index (χ1v) is 16.6. The molecule has 0 amide bonds. The fourth-order valence-electron chi connectivity index (χ4n) is 7.52. The summed E-state index contributed by atoms with van der Waals surface area (Å²) in [5.74, 6) is 0. The number of benzene rings is 8. The molecule has 0 fully saturated rings. The summed E-state index contributed by atoms with van der Waals surface area (Å²) < 4.78 is 13.6. The van der Waals surface area contributed by atoms with Crippen molar-refractivity contribution in [2.45, 2.75) is 0 Å². The average molecular weight is 628 g/mol. The summed E-state index contributed by atoms with van der Waals surface area (Å²) in [5.41, 5.74) is 11.2. The van der Waals surface area contributed by atoms with E-state index < -0.39 is 0 Å². The lowest BCUT2D eigenvalue weighted by molar-refractivity contribution is 0.670. The Bertz CT molecular complexity index is 2770. The predicted molar refractivity (Wildman–Crippen MR) is 204 cm³/mol. The second-order valence-electron chi connectivity index (χ2n) is 12.4. The Morgan fingerprint density at radius 3 is 1.65 bits per heavy atom. The van der Waals surface area contributed by atoms with Crippen molar-refractivity contribution < 1.29 is 8.83 Å². The highest BCUT2D eigenvalue weighted by Gasteiger charge is 2.23. The number of para-hydroxylation sites is 3. The first-order valence-electron chi connectivity index (χ1n) is 16.6. The van der Waals surface area contributed by atoms with Gasteiger partial charge in [0.25, 0.3) is 0 Å². The van der Waals surface area contributed by atoms with Gasteiger partial charge in [-0.3, -0.25) is 0 Å². The minimum atomic E-state index is 0.847. The predicted octanol–water partition coefficient (Wildman–Crippen LogP) is 13.4. The molecule has 0 saturated carbocycles. The van der Waals surface area contributed by atoms with Gasteiger partial charge in [-0.1, -0.05) is 121 Å². The highest BCUT2D eigenvalue weighted by atomic mass is 16.3. The zero-order valence-electron chi connectivity index (χ0n) is 26.5. The van der Waals surface area contributed by atoms with E-state index in [2.05, 4.69) is 175 Å². The quantitative estimate of drug-likeness (QED) is 0.190. The highest BCUT2D eigenvalue weighted by Crippen LogP contribution is 2.48. The molecule has 0 N–H and O–H groups in total. The van der Waals surface area contributed by atoms with Gasteiger partial charge in [0.15, 0.2) is 0 Å². The average Bonchev–Trinajstić information content (AvgIpc) is 3.75. The van der Waals surface area contributed by atoms with Crippen LogP contribution in [0.4, 0.5) is 17.1 Å². The van der Waals surface area contributed by atoms with Crippen LogP contribution in [0.2, 0.25) is 0 Å². The molecule has 0 aliphatic heterocycles. The molecule has 8 aromatic carbocycles. The van der Waals surface area contributed by atoms with Crippen molar-refractivity contribution in [3.63, 3.8) is 0 Å². The zero-order valence-corrected chi connectivity index (χ0v) is 26.5. The minimum absolute atomic E-state index is 0.847. The molecule has 10 rings (SSSR count). The Morgan fingerprint density at radius 1 is 0.347 bits per heavy atom. The summed E-state index contributed by atoms with van der Waals surface area (Å²) in [7, 11) is 0. The molecule has 2 aromatic heterocycles. The summed E-state index contributed by atoms with van der Waals surface area (Å²) in [4.78, 5) is 2.32. The number of nitrogens with zero attached hydrogens (tertiary/aromatic N) is 1. The molecule has 3 nitrogen and oxygen atoms in total. The van der Waals surface area contributed by atoms with Crippen molar-refractivity contribution in [2.24, 2.45) is 0 Å². The third kappa shape index (κ3) is 4.29. The van der Waals surface area contributed by atoms with Gasteiger partial charge in [0.05, 0.1) is 11.1 Å². The molecule has 0 bridgehead atoms. The lowest BCUT2D eigenvalue weighted by atomic mass is 9.91. The molecule has 10 aromatic rings. The van der Waals surface area contributed by atoms with E-state index in [0.29, 0.717) is 0 Å². The van der Waals surface area contributed by atoms with Crippen LogP contribution in [0.15, 0.2) is 185 Å². The Hall–Kier alpha value is -6.58. The normalized spacial score (nSPS) is 11.7. The van der Waals surface area contributed by atoms with Crippen molar-refractivity contribution >= 4 is 71.7 Å². The summed E-state index contributed by atoms with van der Waals surface area (Å²) >= 11 is 0. The Kier molecular flexibility index (Phi) is 6.18. The number of hydrogen-bond donors (Lipinski definition) is 0. The number of rotatable bonds is 5. The molecule has 0 atom stereocenters. The monoisotopic (exact) mass is 627 g/mol. The molecule has 230 valence electrons. The van der Waals surface area contributed by atoms with Crippen LogP contribution in [0, 0.1) is 0 Å². The highest BCUT2D eigenvalue weighted by molar-refractivity contribution is 6.24. The van der Waals surface area contributed by atoms with Gasteiger partial charge in [-0.25, -0.2) is 0 Å². The second kappa shape index (κ2) is 11.0. The Balaban J connectivity index is 1.31. The summed E-state index contributed by atoms with van der Waals surface area (Å²) in [5, 5.41) is 6.56.